The Morgan fingerprint density at radius 2 is 2.54 bits per heavy atom. The van der Waals surface area contributed by atoms with Gasteiger partial charge in [-0.2, -0.15) is 0 Å². The summed E-state index contributed by atoms with van der Waals surface area (Å²) in [5, 5.41) is 4.82. The second kappa shape index (κ2) is 3.87. The molecule has 1 aromatic rings. The van der Waals surface area contributed by atoms with Crippen molar-refractivity contribution in [1.29, 1.82) is 0 Å². The van der Waals surface area contributed by atoms with E-state index >= 15 is 0 Å². The first-order valence-corrected chi connectivity index (χ1v) is 5.21. The molecular formula is C9H9BrN2O. The number of alkyl halides is 1. The Kier molecular flexibility index (Phi) is 2.59. The summed E-state index contributed by atoms with van der Waals surface area (Å²) in [7, 11) is 0. The van der Waals surface area contributed by atoms with Crippen LogP contribution in [0.4, 0.5) is 0 Å². The molecule has 0 radical (unpaired) electrons. The van der Waals surface area contributed by atoms with Crippen LogP contribution in [0.5, 0.6) is 0 Å². The van der Waals surface area contributed by atoms with Crippen LogP contribution in [0.15, 0.2) is 29.7 Å². The minimum Gasteiger partial charge on any atom is -0.391 e. The average molecular weight is 241 g/mol. The van der Waals surface area contributed by atoms with E-state index in [1.165, 1.54) is 0 Å². The molecule has 1 unspecified atom stereocenters. The highest BCUT2D eigenvalue weighted by molar-refractivity contribution is 9.09. The minimum absolute atomic E-state index is 0.176. The van der Waals surface area contributed by atoms with Gasteiger partial charge in [0.15, 0.2) is 0 Å². The van der Waals surface area contributed by atoms with E-state index in [0.29, 0.717) is 0 Å². The van der Waals surface area contributed by atoms with Crippen molar-refractivity contribution in [3.8, 4) is 0 Å². The standard InChI is InChI=1S/C9H9BrN2O/c10-5-8-4-9(12-13-8)7-2-1-3-11-6-7/h1-3,6,8H,4-5H2. The Morgan fingerprint density at radius 1 is 1.62 bits per heavy atom. The predicted molar refractivity (Wildman–Crippen MR) is 54.1 cm³/mol. The molecule has 0 N–H and O–H groups in total. The maximum Gasteiger partial charge on any atom is 0.142 e. The molecule has 0 aromatic carbocycles. The number of hydrogen-bond donors (Lipinski definition) is 0. The quantitative estimate of drug-likeness (QED) is 0.742. The largest absolute Gasteiger partial charge is 0.391 e. The number of rotatable bonds is 2. The third-order valence-corrected chi connectivity index (χ3v) is 2.62. The maximum absolute atomic E-state index is 5.18. The van der Waals surface area contributed by atoms with Crippen molar-refractivity contribution in [3.63, 3.8) is 0 Å². The fourth-order valence-electron chi connectivity index (χ4n) is 1.22. The van der Waals surface area contributed by atoms with Gasteiger partial charge in [-0.3, -0.25) is 4.98 Å². The Morgan fingerprint density at radius 3 is 3.15 bits per heavy atom. The fourth-order valence-corrected chi connectivity index (χ4v) is 1.56. The molecule has 68 valence electrons. The van der Waals surface area contributed by atoms with Crippen LogP contribution in [0.3, 0.4) is 0 Å². The third-order valence-electron chi connectivity index (χ3n) is 1.90. The van der Waals surface area contributed by atoms with Crippen molar-refractivity contribution in [3.05, 3.63) is 30.1 Å². The minimum atomic E-state index is 0.176. The van der Waals surface area contributed by atoms with Gasteiger partial charge in [-0.25, -0.2) is 0 Å². The topological polar surface area (TPSA) is 34.5 Å². The van der Waals surface area contributed by atoms with Gasteiger partial charge in [0.25, 0.3) is 0 Å². The second-order valence-corrected chi connectivity index (χ2v) is 3.51. The molecule has 4 heteroatoms. The van der Waals surface area contributed by atoms with E-state index in [9.17, 15) is 0 Å². The van der Waals surface area contributed by atoms with E-state index in [1.807, 2.05) is 12.1 Å². The van der Waals surface area contributed by atoms with E-state index in [1.54, 1.807) is 12.4 Å². The molecule has 1 aliphatic rings. The fraction of sp³-hybridized carbons (Fsp3) is 0.333. The zero-order valence-corrected chi connectivity index (χ0v) is 8.57. The number of halogens is 1. The molecule has 1 atom stereocenters. The summed E-state index contributed by atoms with van der Waals surface area (Å²) in [6.45, 7) is 0. The lowest BCUT2D eigenvalue weighted by Crippen LogP contribution is -2.09. The average Bonchev–Trinajstić information content (AvgIpc) is 2.67. The molecule has 0 saturated heterocycles. The number of oxime groups is 1. The van der Waals surface area contributed by atoms with Crippen molar-refractivity contribution >= 4 is 21.6 Å². The van der Waals surface area contributed by atoms with Gasteiger partial charge in [-0.05, 0) is 12.1 Å². The molecule has 2 rings (SSSR count). The molecule has 1 aliphatic heterocycles. The highest BCUT2D eigenvalue weighted by atomic mass is 79.9. The smallest absolute Gasteiger partial charge is 0.142 e. The molecule has 0 saturated carbocycles. The summed E-state index contributed by atoms with van der Waals surface area (Å²) in [4.78, 5) is 9.21. The molecule has 0 amide bonds. The van der Waals surface area contributed by atoms with Crippen LogP contribution in [-0.2, 0) is 4.84 Å². The van der Waals surface area contributed by atoms with E-state index in [-0.39, 0.29) is 6.10 Å². The number of pyridine rings is 1. The van der Waals surface area contributed by atoms with Gasteiger partial charge in [0.2, 0.25) is 0 Å². The van der Waals surface area contributed by atoms with E-state index in [2.05, 4.69) is 26.1 Å². The van der Waals surface area contributed by atoms with E-state index < -0.39 is 0 Å². The van der Waals surface area contributed by atoms with Gasteiger partial charge >= 0.3 is 0 Å². The summed E-state index contributed by atoms with van der Waals surface area (Å²) in [5.74, 6) is 0. The zero-order chi connectivity index (χ0) is 9.10. The number of hydrogen-bond acceptors (Lipinski definition) is 3. The SMILES string of the molecule is BrCC1CC(c2cccnc2)=NO1. The zero-order valence-electron chi connectivity index (χ0n) is 6.98. The Bertz CT molecular complexity index is 313. The lowest BCUT2D eigenvalue weighted by Gasteiger charge is -2.00. The van der Waals surface area contributed by atoms with E-state index in [4.69, 9.17) is 4.84 Å². The van der Waals surface area contributed by atoms with Crippen molar-refractivity contribution < 1.29 is 4.84 Å². The van der Waals surface area contributed by atoms with Crippen molar-refractivity contribution in [1.82, 2.24) is 4.98 Å². The van der Waals surface area contributed by atoms with Gasteiger partial charge < -0.3 is 4.84 Å². The van der Waals surface area contributed by atoms with E-state index in [0.717, 1.165) is 23.0 Å². The van der Waals surface area contributed by atoms with Gasteiger partial charge in [0, 0.05) is 29.7 Å². The molecule has 1 aromatic heterocycles. The third kappa shape index (κ3) is 1.88. The Balaban J connectivity index is 2.12. The Hall–Kier alpha value is -0.900. The summed E-state index contributed by atoms with van der Waals surface area (Å²) in [6, 6.07) is 3.89. The highest BCUT2D eigenvalue weighted by Crippen LogP contribution is 2.16. The molecule has 0 aliphatic carbocycles. The van der Waals surface area contributed by atoms with Gasteiger partial charge in [-0.15, -0.1) is 0 Å². The van der Waals surface area contributed by atoms with Gasteiger partial charge in [-0.1, -0.05) is 21.1 Å². The number of aromatic nitrogens is 1. The summed E-state index contributed by atoms with van der Waals surface area (Å²) in [5.41, 5.74) is 2.03. The predicted octanol–water partition coefficient (Wildman–Crippen LogP) is 1.97. The van der Waals surface area contributed by atoms with Crippen LogP contribution in [0.2, 0.25) is 0 Å². The highest BCUT2D eigenvalue weighted by Gasteiger charge is 2.20. The van der Waals surface area contributed by atoms with Crippen LogP contribution < -0.4 is 0 Å². The first kappa shape index (κ1) is 8.69. The second-order valence-electron chi connectivity index (χ2n) is 2.87. The monoisotopic (exact) mass is 240 g/mol. The van der Waals surface area contributed by atoms with Crippen molar-refractivity contribution in [2.45, 2.75) is 12.5 Å². The molecule has 0 bridgehead atoms. The molecule has 3 nitrogen and oxygen atoms in total. The maximum atomic E-state index is 5.18. The van der Waals surface area contributed by atoms with Gasteiger partial charge in [0.1, 0.15) is 6.10 Å². The van der Waals surface area contributed by atoms with Crippen LogP contribution in [0, 0.1) is 0 Å². The van der Waals surface area contributed by atoms with Gasteiger partial charge in [0.05, 0.1) is 5.71 Å². The normalized spacial score (nSPS) is 21.0. The van der Waals surface area contributed by atoms with Crippen LogP contribution in [0.25, 0.3) is 0 Å². The van der Waals surface area contributed by atoms with Crippen LogP contribution >= 0.6 is 15.9 Å². The van der Waals surface area contributed by atoms with Crippen LogP contribution in [0.1, 0.15) is 12.0 Å². The molecule has 0 spiro atoms. The van der Waals surface area contributed by atoms with Crippen LogP contribution in [-0.4, -0.2) is 22.1 Å². The summed E-state index contributed by atoms with van der Waals surface area (Å²) >= 11 is 3.36. The first-order valence-electron chi connectivity index (χ1n) is 4.09. The molecule has 13 heavy (non-hydrogen) atoms. The molecule has 2 heterocycles. The summed E-state index contributed by atoms with van der Waals surface area (Å²) in [6.07, 6.45) is 4.59. The first-order chi connectivity index (χ1) is 6.40. The Labute approximate surface area is 84.9 Å². The lowest BCUT2D eigenvalue weighted by molar-refractivity contribution is 0.104. The van der Waals surface area contributed by atoms with Crippen molar-refractivity contribution in [2.75, 3.05) is 5.33 Å². The lowest BCUT2D eigenvalue weighted by atomic mass is 10.1. The summed E-state index contributed by atoms with van der Waals surface area (Å²) < 4.78 is 0. The molecule has 0 fully saturated rings. The molecular weight excluding hydrogens is 232 g/mol. The van der Waals surface area contributed by atoms with Crippen molar-refractivity contribution in [2.24, 2.45) is 5.16 Å². The number of nitrogens with zero attached hydrogens (tertiary/aromatic N) is 2.